The SMILES string of the molecule is COc1cc2c3cc1Oc1c(OC)c(CO)cc4c1[C@H](Cc1ccc(cc1)Oc1cc(ccc1N)C[C@H]3N(C)CC2)N(C)CC4. The van der Waals surface area contributed by atoms with Gasteiger partial charge in [0.05, 0.1) is 26.5 Å². The number of fused-ring (bicyclic) bond motifs is 2. The van der Waals surface area contributed by atoms with Crippen LogP contribution in [0.15, 0.2) is 60.7 Å². The summed E-state index contributed by atoms with van der Waals surface area (Å²) in [5.41, 5.74) is 14.7. The third kappa shape index (κ3) is 5.37. The van der Waals surface area contributed by atoms with E-state index >= 15 is 0 Å². The Hall–Kier alpha value is -4.24. The molecule has 8 nitrogen and oxygen atoms in total. The number of aliphatic hydroxyl groups is 1. The summed E-state index contributed by atoms with van der Waals surface area (Å²) in [4.78, 5) is 4.77. The van der Waals surface area contributed by atoms with Gasteiger partial charge in [-0.3, -0.25) is 9.80 Å². The van der Waals surface area contributed by atoms with Crippen LogP contribution < -0.4 is 24.7 Å². The number of hydrogen-bond acceptors (Lipinski definition) is 8. The van der Waals surface area contributed by atoms with E-state index in [9.17, 15) is 5.11 Å². The highest BCUT2D eigenvalue weighted by Crippen LogP contribution is 2.49. The molecule has 4 aliphatic rings. The fraction of sp³-hybridized carbons (Fsp3) is 0.351. The molecule has 4 aromatic carbocycles. The first-order valence-corrected chi connectivity index (χ1v) is 15.6. The summed E-state index contributed by atoms with van der Waals surface area (Å²) in [5.74, 6) is 3.91. The third-order valence-corrected chi connectivity index (χ3v) is 9.76. The number of nitrogen functional groups attached to an aromatic ring is 1. The Labute approximate surface area is 264 Å². The molecule has 4 heterocycles. The van der Waals surface area contributed by atoms with Gasteiger partial charge in [-0.05, 0) is 110 Å². The first-order chi connectivity index (χ1) is 21.9. The van der Waals surface area contributed by atoms with Crippen LogP contribution in [0.2, 0.25) is 0 Å². The van der Waals surface area contributed by atoms with Crippen molar-refractivity contribution >= 4 is 5.69 Å². The molecule has 4 aromatic rings. The molecule has 8 heteroatoms. The fourth-order valence-corrected chi connectivity index (χ4v) is 7.22. The zero-order valence-corrected chi connectivity index (χ0v) is 26.4. The predicted octanol–water partition coefficient (Wildman–Crippen LogP) is 6.22. The number of ether oxygens (including phenoxy) is 4. The van der Waals surface area contributed by atoms with Crippen molar-refractivity contribution < 1.29 is 24.1 Å². The van der Waals surface area contributed by atoms with Crippen LogP contribution in [0.3, 0.4) is 0 Å². The van der Waals surface area contributed by atoms with Crippen molar-refractivity contribution in [1.29, 1.82) is 0 Å². The van der Waals surface area contributed by atoms with Crippen molar-refractivity contribution in [2.45, 2.75) is 44.4 Å². The lowest BCUT2D eigenvalue weighted by atomic mass is 9.86. The first-order valence-electron chi connectivity index (χ1n) is 15.6. The number of nitrogens with zero attached hydrogens (tertiary/aromatic N) is 2. The Morgan fingerprint density at radius 1 is 0.800 bits per heavy atom. The monoisotopic (exact) mass is 607 g/mol. The summed E-state index contributed by atoms with van der Waals surface area (Å²) in [5, 5.41) is 10.4. The van der Waals surface area contributed by atoms with Crippen LogP contribution >= 0.6 is 0 Å². The molecular weight excluding hydrogens is 566 g/mol. The number of nitrogens with two attached hydrogens (primary N) is 1. The molecule has 0 fully saturated rings. The molecule has 4 aliphatic heterocycles. The second-order valence-corrected chi connectivity index (χ2v) is 12.5. The summed E-state index contributed by atoms with van der Waals surface area (Å²) in [6.07, 6.45) is 3.29. The van der Waals surface area contributed by atoms with Gasteiger partial charge in [0.2, 0.25) is 0 Å². The quantitative estimate of drug-likeness (QED) is 0.266. The van der Waals surface area contributed by atoms with E-state index in [4.69, 9.17) is 24.7 Å². The topological polar surface area (TPSA) is 89.6 Å². The number of anilines is 1. The van der Waals surface area contributed by atoms with Crippen LogP contribution in [0.1, 0.15) is 51.0 Å². The predicted molar refractivity (Wildman–Crippen MR) is 175 cm³/mol. The number of aliphatic hydroxyl groups excluding tert-OH is 1. The zero-order valence-electron chi connectivity index (χ0n) is 26.4. The minimum atomic E-state index is -0.146. The van der Waals surface area contributed by atoms with E-state index in [0.29, 0.717) is 40.0 Å². The molecule has 6 bridgehead atoms. The van der Waals surface area contributed by atoms with Crippen LogP contribution in [0.25, 0.3) is 0 Å². The second-order valence-electron chi connectivity index (χ2n) is 12.5. The van der Waals surface area contributed by atoms with Crippen LogP contribution in [-0.4, -0.2) is 56.3 Å². The largest absolute Gasteiger partial charge is 0.493 e. The lowest BCUT2D eigenvalue weighted by Gasteiger charge is -2.37. The molecule has 3 N–H and O–H groups in total. The number of benzene rings is 4. The molecule has 2 atom stereocenters. The molecule has 0 saturated heterocycles. The van der Waals surface area contributed by atoms with Crippen molar-refractivity contribution in [1.82, 2.24) is 9.80 Å². The van der Waals surface area contributed by atoms with Gasteiger partial charge >= 0.3 is 0 Å². The molecule has 0 radical (unpaired) electrons. The van der Waals surface area contributed by atoms with Gasteiger partial charge in [0, 0.05) is 36.3 Å². The zero-order chi connectivity index (χ0) is 31.2. The average Bonchev–Trinajstić information content (AvgIpc) is 3.05. The Morgan fingerprint density at radius 2 is 1.51 bits per heavy atom. The van der Waals surface area contributed by atoms with E-state index in [2.05, 4.69) is 66.4 Å². The molecular formula is C37H41N3O5. The maximum absolute atomic E-state index is 10.4. The number of rotatable bonds is 3. The minimum Gasteiger partial charge on any atom is -0.493 e. The smallest absolute Gasteiger partial charge is 0.174 e. The normalized spacial score (nSPS) is 19.5. The van der Waals surface area contributed by atoms with E-state index in [1.165, 1.54) is 16.7 Å². The van der Waals surface area contributed by atoms with Crippen LogP contribution in [0.4, 0.5) is 5.69 Å². The molecule has 8 rings (SSSR count). The highest BCUT2D eigenvalue weighted by molar-refractivity contribution is 5.61. The van der Waals surface area contributed by atoms with Gasteiger partial charge in [0.25, 0.3) is 0 Å². The molecule has 0 unspecified atom stereocenters. The second kappa shape index (κ2) is 11.9. The molecule has 0 aliphatic carbocycles. The van der Waals surface area contributed by atoms with Gasteiger partial charge in [0.15, 0.2) is 28.7 Å². The summed E-state index contributed by atoms with van der Waals surface area (Å²) in [7, 11) is 7.66. The highest BCUT2D eigenvalue weighted by atomic mass is 16.5. The minimum absolute atomic E-state index is 0.0193. The maximum Gasteiger partial charge on any atom is 0.174 e. The van der Waals surface area contributed by atoms with Gasteiger partial charge in [-0.15, -0.1) is 0 Å². The molecule has 0 amide bonds. The van der Waals surface area contributed by atoms with Crippen molar-refractivity contribution in [2.24, 2.45) is 0 Å². The summed E-state index contributed by atoms with van der Waals surface area (Å²) in [6, 6.07) is 20.8. The van der Waals surface area contributed by atoms with Crippen LogP contribution in [0, 0.1) is 0 Å². The van der Waals surface area contributed by atoms with E-state index in [0.717, 1.165) is 61.2 Å². The number of methoxy groups -OCH3 is 2. The Morgan fingerprint density at radius 3 is 2.24 bits per heavy atom. The van der Waals surface area contributed by atoms with Gasteiger partial charge in [0.1, 0.15) is 5.75 Å². The molecule has 45 heavy (non-hydrogen) atoms. The van der Waals surface area contributed by atoms with Crippen LogP contribution in [-0.2, 0) is 32.3 Å². The standard InChI is InChI=1S/C37H41N3O5/c1-39-13-11-24-19-33(42-3)34-20-28(24)30(39)16-23-7-10-29(38)32(17-23)44-27-8-5-22(6-9-27)15-31-35-25(12-14-40(31)2)18-26(21-41)36(43-4)37(35)45-34/h5-10,17-20,30-31,41H,11-16,21,38H2,1-4H3/t30-,31+/m1/s1. The Kier molecular flexibility index (Phi) is 7.81. The molecule has 0 saturated carbocycles. The number of likely N-dealkylation sites (N-methyl/N-ethyl adjacent to an activating group) is 2. The fourth-order valence-electron chi connectivity index (χ4n) is 7.22. The van der Waals surface area contributed by atoms with E-state index < -0.39 is 0 Å². The van der Waals surface area contributed by atoms with Gasteiger partial charge in [-0.1, -0.05) is 18.2 Å². The van der Waals surface area contributed by atoms with Gasteiger partial charge < -0.3 is 29.8 Å². The van der Waals surface area contributed by atoms with E-state index in [1.54, 1.807) is 14.2 Å². The summed E-state index contributed by atoms with van der Waals surface area (Å²) >= 11 is 0. The molecule has 0 aromatic heterocycles. The van der Waals surface area contributed by atoms with Crippen molar-refractivity contribution in [3.8, 4) is 34.5 Å². The Balaban J connectivity index is 1.46. The van der Waals surface area contributed by atoms with Gasteiger partial charge in [-0.2, -0.15) is 0 Å². The van der Waals surface area contributed by atoms with E-state index in [-0.39, 0.29) is 18.7 Å². The molecule has 234 valence electrons. The van der Waals surface area contributed by atoms with Gasteiger partial charge in [-0.25, -0.2) is 0 Å². The highest BCUT2D eigenvalue weighted by Gasteiger charge is 2.34. The van der Waals surface area contributed by atoms with Crippen LogP contribution in [0.5, 0.6) is 34.5 Å². The van der Waals surface area contributed by atoms with Crippen molar-refractivity contribution in [3.63, 3.8) is 0 Å². The molecule has 0 spiro atoms. The summed E-state index contributed by atoms with van der Waals surface area (Å²) in [6.45, 7) is 1.67. The third-order valence-electron chi connectivity index (χ3n) is 9.76. The van der Waals surface area contributed by atoms with Crippen molar-refractivity contribution in [3.05, 3.63) is 99.6 Å². The first kappa shape index (κ1) is 29.5. The van der Waals surface area contributed by atoms with Crippen molar-refractivity contribution in [2.75, 3.05) is 47.1 Å². The average molecular weight is 608 g/mol. The lowest BCUT2D eigenvalue weighted by molar-refractivity contribution is 0.219. The Bertz CT molecular complexity index is 1740. The van der Waals surface area contributed by atoms with E-state index in [1.807, 2.05) is 18.2 Å². The summed E-state index contributed by atoms with van der Waals surface area (Å²) < 4.78 is 25.3. The maximum atomic E-state index is 10.4. The lowest BCUT2D eigenvalue weighted by Crippen LogP contribution is -2.34. The number of hydrogen-bond donors (Lipinski definition) is 2.